The van der Waals surface area contributed by atoms with Gasteiger partial charge < -0.3 is 5.73 Å². The lowest BCUT2D eigenvalue weighted by atomic mass is 9.85. The topological polar surface area (TPSA) is 29.3 Å². The van der Waals surface area contributed by atoms with Crippen LogP contribution in [0, 0.1) is 11.8 Å². The Kier molecular flexibility index (Phi) is 5.26. The van der Waals surface area contributed by atoms with Gasteiger partial charge in [0.25, 0.3) is 0 Å². The summed E-state index contributed by atoms with van der Waals surface area (Å²) in [6.07, 6.45) is 2.39. The van der Waals surface area contributed by atoms with Gasteiger partial charge in [-0.2, -0.15) is 0 Å². The van der Waals surface area contributed by atoms with E-state index in [1.807, 2.05) is 12.1 Å². The Morgan fingerprint density at radius 3 is 2.63 bits per heavy atom. The lowest BCUT2D eigenvalue weighted by molar-refractivity contribution is 0.0885. The third-order valence-electron chi connectivity index (χ3n) is 4.53. The standard InChI is InChI=1S/C16H25ClN2/c1-3-16(13-4-6-15(17)7-5-13)19-9-8-12(2)14(10-18)11-19/h4-7,12,14,16H,3,8-11,18H2,1-2H3. The molecule has 0 radical (unpaired) electrons. The number of piperidine rings is 1. The third-order valence-corrected chi connectivity index (χ3v) is 4.78. The van der Waals surface area contributed by atoms with Gasteiger partial charge in [-0.25, -0.2) is 0 Å². The van der Waals surface area contributed by atoms with Crippen molar-refractivity contribution in [3.8, 4) is 0 Å². The lowest BCUT2D eigenvalue weighted by Crippen LogP contribution is -2.44. The molecule has 0 amide bonds. The van der Waals surface area contributed by atoms with Gasteiger partial charge in [0.05, 0.1) is 0 Å². The van der Waals surface area contributed by atoms with Crippen LogP contribution in [0.2, 0.25) is 5.02 Å². The summed E-state index contributed by atoms with van der Waals surface area (Å²) < 4.78 is 0. The molecular weight excluding hydrogens is 256 g/mol. The summed E-state index contributed by atoms with van der Waals surface area (Å²) in [5, 5.41) is 0.811. The molecule has 0 aliphatic carbocycles. The first-order valence-corrected chi connectivity index (χ1v) is 7.73. The molecule has 0 aromatic heterocycles. The maximum absolute atomic E-state index is 5.98. The predicted octanol–water partition coefficient (Wildman–Crippen LogP) is 3.71. The van der Waals surface area contributed by atoms with Crippen LogP contribution in [0.15, 0.2) is 24.3 Å². The number of rotatable bonds is 4. The van der Waals surface area contributed by atoms with E-state index in [0.717, 1.165) is 30.5 Å². The predicted molar refractivity (Wildman–Crippen MR) is 82.4 cm³/mol. The minimum absolute atomic E-state index is 0.499. The Morgan fingerprint density at radius 1 is 1.37 bits per heavy atom. The van der Waals surface area contributed by atoms with Gasteiger partial charge in [0.1, 0.15) is 0 Å². The summed E-state index contributed by atoms with van der Waals surface area (Å²) in [4.78, 5) is 2.60. The largest absolute Gasteiger partial charge is 0.330 e. The molecule has 2 rings (SSSR count). The third kappa shape index (κ3) is 3.50. The maximum atomic E-state index is 5.98. The molecule has 1 heterocycles. The zero-order chi connectivity index (χ0) is 13.8. The highest BCUT2D eigenvalue weighted by Crippen LogP contribution is 2.31. The van der Waals surface area contributed by atoms with E-state index in [2.05, 4.69) is 30.9 Å². The molecule has 0 saturated carbocycles. The average molecular weight is 281 g/mol. The zero-order valence-electron chi connectivity index (χ0n) is 12.0. The van der Waals surface area contributed by atoms with E-state index >= 15 is 0 Å². The van der Waals surface area contributed by atoms with Gasteiger partial charge in [0.2, 0.25) is 0 Å². The number of nitrogens with zero attached hydrogens (tertiary/aromatic N) is 1. The van der Waals surface area contributed by atoms with Crippen LogP contribution in [0.4, 0.5) is 0 Å². The number of hydrogen-bond donors (Lipinski definition) is 1. The number of hydrogen-bond acceptors (Lipinski definition) is 2. The van der Waals surface area contributed by atoms with Crippen LogP contribution < -0.4 is 5.73 Å². The molecule has 3 unspecified atom stereocenters. The molecule has 1 fully saturated rings. The van der Waals surface area contributed by atoms with Crippen LogP contribution in [-0.4, -0.2) is 24.5 Å². The fourth-order valence-electron chi connectivity index (χ4n) is 3.16. The summed E-state index contributed by atoms with van der Waals surface area (Å²) in [5.74, 6) is 1.39. The normalized spacial score (nSPS) is 26.3. The van der Waals surface area contributed by atoms with Crippen LogP contribution in [0.3, 0.4) is 0 Å². The molecule has 19 heavy (non-hydrogen) atoms. The Morgan fingerprint density at radius 2 is 2.05 bits per heavy atom. The van der Waals surface area contributed by atoms with Gasteiger partial charge >= 0.3 is 0 Å². The monoisotopic (exact) mass is 280 g/mol. The van der Waals surface area contributed by atoms with Crippen molar-refractivity contribution in [2.45, 2.75) is 32.7 Å². The fraction of sp³-hybridized carbons (Fsp3) is 0.625. The lowest BCUT2D eigenvalue weighted by Gasteiger charge is -2.41. The van der Waals surface area contributed by atoms with Crippen molar-refractivity contribution in [2.24, 2.45) is 17.6 Å². The summed E-state index contributed by atoms with van der Waals surface area (Å²) in [6.45, 7) is 7.69. The second kappa shape index (κ2) is 6.74. The first-order chi connectivity index (χ1) is 9.15. The van der Waals surface area contributed by atoms with Crippen LogP contribution in [0.1, 0.15) is 38.3 Å². The first-order valence-electron chi connectivity index (χ1n) is 7.35. The summed E-state index contributed by atoms with van der Waals surface area (Å²) in [6, 6.07) is 8.80. The van der Waals surface area contributed by atoms with Gasteiger partial charge in [0.15, 0.2) is 0 Å². The van der Waals surface area contributed by atoms with Crippen molar-refractivity contribution in [2.75, 3.05) is 19.6 Å². The van der Waals surface area contributed by atoms with Crippen LogP contribution in [-0.2, 0) is 0 Å². The molecule has 3 atom stereocenters. The van der Waals surface area contributed by atoms with E-state index in [1.54, 1.807) is 0 Å². The molecule has 1 aromatic rings. The zero-order valence-corrected chi connectivity index (χ0v) is 12.7. The van der Waals surface area contributed by atoms with E-state index in [4.69, 9.17) is 17.3 Å². The number of benzene rings is 1. The van der Waals surface area contributed by atoms with Gasteiger partial charge in [-0.3, -0.25) is 4.90 Å². The summed E-state index contributed by atoms with van der Waals surface area (Å²) in [5.41, 5.74) is 7.28. The first kappa shape index (κ1) is 14.8. The smallest absolute Gasteiger partial charge is 0.0406 e. The molecule has 1 saturated heterocycles. The quantitative estimate of drug-likeness (QED) is 0.911. The van der Waals surface area contributed by atoms with Crippen molar-refractivity contribution in [3.05, 3.63) is 34.9 Å². The van der Waals surface area contributed by atoms with Gasteiger partial charge in [-0.1, -0.05) is 37.6 Å². The van der Waals surface area contributed by atoms with Crippen molar-refractivity contribution >= 4 is 11.6 Å². The van der Waals surface area contributed by atoms with Crippen molar-refractivity contribution in [3.63, 3.8) is 0 Å². The van der Waals surface area contributed by atoms with Crippen LogP contribution >= 0.6 is 11.6 Å². The molecule has 1 aliphatic heterocycles. The van der Waals surface area contributed by atoms with Crippen molar-refractivity contribution in [1.29, 1.82) is 0 Å². The molecule has 0 spiro atoms. The number of likely N-dealkylation sites (tertiary alicyclic amines) is 1. The number of nitrogens with two attached hydrogens (primary N) is 1. The van der Waals surface area contributed by atoms with Crippen LogP contribution in [0.25, 0.3) is 0 Å². The summed E-state index contributed by atoms with van der Waals surface area (Å²) in [7, 11) is 0. The minimum Gasteiger partial charge on any atom is -0.330 e. The maximum Gasteiger partial charge on any atom is 0.0406 e. The molecule has 1 aliphatic rings. The number of halogens is 1. The van der Waals surface area contributed by atoms with E-state index in [-0.39, 0.29) is 0 Å². The Balaban J connectivity index is 2.11. The van der Waals surface area contributed by atoms with Crippen LogP contribution in [0.5, 0.6) is 0 Å². The molecule has 2 N–H and O–H groups in total. The highest BCUT2D eigenvalue weighted by Gasteiger charge is 2.29. The SMILES string of the molecule is CCC(c1ccc(Cl)cc1)N1CCC(C)C(CN)C1. The molecule has 1 aromatic carbocycles. The van der Waals surface area contributed by atoms with Gasteiger partial charge in [-0.15, -0.1) is 0 Å². The second-order valence-corrected chi connectivity index (χ2v) is 6.17. The summed E-state index contributed by atoms with van der Waals surface area (Å²) >= 11 is 5.98. The fourth-order valence-corrected chi connectivity index (χ4v) is 3.28. The Labute approximate surface area is 121 Å². The van der Waals surface area contributed by atoms with E-state index < -0.39 is 0 Å². The molecule has 0 bridgehead atoms. The van der Waals surface area contributed by atoms with Crippen molar-refractivity contribution in [1.82, 2.24) is 4.90 Å². The van der Waals surface area contributed by atoms with Gasteiger partial charge in [-0.05, 0) is 55.5 Å². The highest BCUT2D eigenvalue weighted by molar-refractivity contribution is 6.30. The average Bonchev–Trinajstić information content (AvgIpc) is 2.43. The second-order valence-electron chi connectivity index (χ2n) is 5.73. The van der Waals surface area contributed by atoms with Crippen molar-refractivity contribution < 1.29 is 0 Å². The van der Waals surface area contributed by atoms with E-state index in [0.29, 0.717) is 12.0 Å². The molecular formula is C16H25ClN2. The van der Waals surface area contributed by atoms with E-state index in [1.165, 1.54) is 18.5 Å². The molecule has 3 heteroatoms. The van der Waals surface area contributed by atoms with Gasteiger partial charge in [0, 0.05) is 17.6 Å². The Hall–Kier alpha value is -0.570. The van der Waals surface area contributed by atoms with E-state index in [9.17, 15) is 0 Å². The molecule has 2 nitrogen and oxygen atoms in total. The molecule has 106 valence electrons. The Bertz CT molecular complexity index is 390. The minimum atomic E-state index is 0.499. The highest BCUT2D eigenvalue weighted by atomic mass is 35.5.